The molecule has 0 saturated heterocycles. The summed E-state index contributed by atoms with van der Waals surface area (Å²) in [4.78, 5) is 0. The van der Waals surface area contributed by atoms with Crippen LogP contribution in [0.3, 0.4) is 0 Å². The first-order valence-electron chi connectivity index (χ1n) is 5.89. The maximum atomic E-state index is 11.1. The molecular weight excluding hydrogens is 309 g/mol. The summed E-state index contributed by atoms with van der Waals surface area (Å²) in [5, 5.41) is 6.00. The first-order chi connectivity index (χ1) is 8.80. The standard InChI is InChI=1S/C12H17Cl2NO3S/c1-2-3-9(8-19(15,16)17)7-18-12-5-10(13)4-11(14)6-12/h4-6,9H,2-3,7-8H2,1H3,(H2,15,16,17). The van der Waals surface area contributed by atoms with Crippen LogP contribution in [0.4, 0.5) is 0 Å². The van der Waals surface area contributed by atoms with Crippen molar-refractivity contribution in [1.82, 2.24) is 0 Å². The smallest absolute Gasteiger partial charge is 0.209 e. The molecule has 7 heteroatoms. The van der Waals surface area contributed by atoms with Crippen LogP contribution in [0.25, 0.3) is 0 Å². The van der Waals surface area contributed by atoms with Gasteiger partial charge in [0.15, 0.2) is 0 Å². The number of ether oxygens (including phenoxy) is 1. The van der Waals surface area contributed by atoms with Crippen LogP contribution >= 0.6 is 23.2 Å². The topological polar surface area (TPSA) is 69.4 Å². The van der Waals surface area contributed by atoms with Crippen LogP contribution in [0.1, 0.15) is 19.8 Å². The first kappa shape index (κ1) is 16.6. The van der Waals surface area contributed by atoms with Gasteiger partial charge in [0.1, 0.15) is 5.75 Å². The highest BCUT2D eigenvalue weighted by atomic mass is 35.5. The molecule has 1 aromatic rings. The Kier molecular flexibility index (Phi) is 6.39. The molecular formula is C12H17Cl2NO3S. The molecule has 0 saturated carbocycles. The summed E-state index contributed by atoms with van der Waals surface area (Å²) in [5.41, 5.74) is 0. The second kappa shape index (κ2) is 7.33. The summed E-state index contributed by atoms with van der Waals surface area (Å²) in [7, 11) is -3.50. The predicted molar refractivity (Wildman–Crippen MR) is 78.3 cm³/mol. The van der Waals surface area contributed by atoms with Gasteiger partial charge in [0.05, 0.1) is 12.4 Å². The van der Waals surface area contributed by atoms with Crippen LogP contribution in [0.5, 0.6) is 5.75 Å². The van der Waals surface area contributed by atoms with E-state index in [1.165, 1.54) is 0 Å². The van der Waals surface area contributed by atoms with Gasteiger partial charge in [-0.1, -0.05) is 36.5 Å². The van der Waals surface area contributed by atoms with Gasteiger partial charge in [0, 0.05) is 16.0 Å². The van der Waals surface area contributed by atoms with Crippen molar-refractivity contribution in [3.8, 4) is 5.75 Å². The van der Waals surface area contributed by atoms with E-state index in [0.717, 1.165) is 12.8 Å². The van der Waals surface area contributed by atoms with Gasteiger partial charge in [-0.3, -0.25) is 0 Å². The summed E-state index contributed by atoms with van der Waals surface area (Å²) in [6.07, 6.45) is 1.59. The molecule has 1 unspecified atom stereocenters. The number of rotatable bonds is 7. The van der Waals surface area contributed by atoms with Crippen molar-refractivity contribution < 1.29 is 13.2 Å². The van der Waals surface area contributed by atoms with Crippen molar-refractivity contribution in [1.29, 1.82) is 0 Å². The van der Waals surface area contributed by atoms with Crippen LogP contribution in [-0.4, -0.2) is 20.8 Å². The molecule has 0 aliphatic rings. The minimum Gasteiger partial charge on any atom is -0.493 e. The molecule has 0 spiro atoms. The summed E-state index contributed by atoms with van der Waals surface area (Å²) in [6.45, 7) is 2.24. The third-order valence-electron chi connectivity index (χ3n) is 2.49. The lowest BCUT2D eigenvalue weighted by Gasteiger charge is -2.16. The molecule has 0 aliphatic carbocycles. The van der Waals surface area contributed by atoms with Crippen LogP contribution in [0, 0.1) is 5.92 Å². The van der Waals surface area contributed by atoms with Gasteiger partial charge in [-0.15, -0.1) is 0 Å². The fraction of sp³-hybridized carbons (Fsp3) is 0.500. The lowest BCUT2D eigenvalue weighted by molar-refractivity contribution is 0.252. The Labute approximate surface area is 123 Å². The zero-order valence-corrected chi connectivity index (χ0v) is 12.9. The quantitative estimate of drug-likeness (QED) is 0.837. The molecule has 2 N–H and O–H groups in total. The average Bonchev–Trinajstić information content (AvgIpc) is 2.23. The zero-order chi connectivity index (χ0) is 14.5. The number of benzene rings is 1. The Balaban J connectivity index is 2.65. The number of hydrogen-bond donors (Lipinski definition) is 1. The van der Waals surface area contributed by atoms with E-state index < -0.39 is 10.0 Å². The molecule has 0 aromatic heterocycles. The van der Waals surface area contributed by atoms with E-state index in [4.69, 9.17) is 33.1 Å². The zero-order valence-electron chi connectivity index (χ0n) is 10.6. The Morgan fingerprint density at radius 1 is 1.26 bits per heavy atom. The summed E-state index contributed by atoms with van der Waals surface area (Å²) in [5.74, 6) is 0.292. The molecule has 0 bridgehead atoms. The van der Waals surface area contributed by atoms with Crippen molar-refractivity contribution in [2.75, 3.05) is 12.4 Å². The number of halogens is 2. The highest BCUT2D eigenvalue weighted by molar-refractivity contribution is 7.89. The van der Waals surface area contributed by atoms with Gasteiger partial charge in [0.2, 0.25) is 10.0 Å². The maximum Gasteiger partial charge on any atom is 0.209 e. The van der Waals surface area contributed by atoms with Gasteiger partial charge in [-0.25, -0.2) is 13.6 Å². The van der Waals surface area contributed by atoms with E-state index in [1.807, 2.05) is 6.92 Å². The number of hydrogen-bond acceptors (Lipinski definition) is 3. The Morgan fingerprint density at radius 2 is 1.84 bits per heavy atom. The van der Waals surface area contributed by atoms with Crippen LogP contribution in [-0.2, 0) is 10.0 Å². The van der Waals surface area contributed by atoms with Gasteiger partial charge >= 0.3 is 0 Å². The molecule has 1 rings (SSSR count). The molecule has 1 atom stereocenters. The summed E-state index contributed by atoms with van der Waals surface area (Å²) >= 11 is 11.7. The molecule has 4 nitrogen and oxygen atoms in total. The van der Waals surface area contributed by atoms with Crippen LogP contribution in [0.15, 0.2) is 18.2 Å². The van der Waals surface area contributed by atoms with Crippen LogP contribution in [0.2, 0.25) is 10.0 Å². The van der Waals surface area contributed by atoms with E-state index in [2.05, 4.69) is 0 Å². The molecule has 19 heavy (non-hydrogen) atoms. The molecule has 0 heterocycles. The number of sulfonamides is 1. The monoisotopic (exact) mass is 325 g/mol. The second-order valence-electron chi connectivity index (χ2n) is 4.40. The van der Waals surface area contributed by atoms with E-state index >= 15 is 0 Å². The van der Waals surface area contributed by atoms with Gasteiger partial charge in [0.25, 0.3) is 0 Å². The van der Waals surface area contributed by atoms with Crippen molar-refractivity contribution in [2.24, 2.45) is 11.1 Å². The van der Waals surface area contributed by atoms with Gasteiger partial charge in [-0.2, -0.15) is 0 Å². The van der Waals surface area contributed by atoms with E-state index in [9.17, 15) is 8.42 Å². The van der Waals surface area contributed by atoms with E-state index in [0.29, 0.717) is 15.8 Å². The van der Waals surface area contributed by atoms with Crippen LogP contribution < -0.4 is 9.88 Å². The normalized spacial score (nSPS) is 13.3. The summed E-state index contributed by atoms with van der Waals surface area (Å²) in [6, 6.07) is 4.87. The Morgan fingerprint density at radius 3 is 2.32 bits per heavy atom. The fourth-order valence-electron chi connectivity index (χ4n) is 1.78. The molecule has 108 valence electrons. The average molecular weight is 326 g/mol. The molecule has 0 fully saturated rings. The largest absolute Gasteiger partial charge is 0.493 e. The van der Waals surface area contributed by atoms with Crippen molar-refractivity contribution in [3.05, 3.63) is 28.2 Å². The maximum absolute atomic E-state index is 11.1. The number of primary sulfonamides is 1. The highest BCUT2D eigenvalue weighted by Crippen LogP contribution is 2.25. The fourth-order valence-corrected chi connectivity index (χ4v) is 3.20. The Bertz CT molecular complexity index is 499. The number of nitrogens with two attached hydrogens (primary N) is 1. The third-order valence-corrected chi connectivity index (χ3v) is 3.86. The Hall–Kier alpha value is -0.490. The van der Waals surface area contributed by atoms with E-state index in [-0.39, 0.29) is 18.3 Å². The lowest BCUT2D eigenvalue weighted by atomic mass is 10.1. The molecule has 0 aliphatic heterocycles. The highest BCUT2D eigenvalue weighted by Gasteiger charge is 2.16. The second-order valence-corrected chi connectivity index (χ2v) is 6.93. The van der Waals surface area contributed by atoms with E-state index in [1.54, 1.807) is 18.2 Å². The molecule has 0 amide bonds. The van der Waals surface area contributed by atoms with Gasteiger partial charge in [-0.05, 0) is 24.6 Å². The minimum atomic E-state index is -3.50. The van der Waals surface area contributed by atoms with Gasteiger partial charge < -0.3 is 4.74 Å². The third kappa shape index (κ3) is 7.01. The first-order valence-corrected chi connectivity index (χ1v) is 8.36. The van der Waals surface area contributed by atoms with Crippen molar-refractivity contribution >= 4 is 33.2 Å². The van der Waals surface area contributed by atoms with Crippen molar-refractivity contribution in [3.63, 3.8) is 0 Å². The molecule has 1 aromatic carbocycles. The van der Waals surface area contributed by atoms with Crippen molar-refractivity contribution in [2.45, 2.75) is 19.8 Å². The lowest BCUT2D eigenvalue weighted by Crippen LogP contribution is -2.26. The SMILES string of the molecule is CCCC(COc1cc(Cl)cc(Cl)c1)CS(N)(=O)=O. The predicted octanol–water partition coefficient (Wildman–Crippen LogP) is 3.08. The molecule has 0 radical (unpaired) electrons. The summed E-state index contributed by atoms with van der Waals surface area (Å²) < 4.78 is 27.8. The minimum absolute atomic E-state index is 0.0882.